The number of anilines is 2. The first-order valence-electron chi connectivity index (χ1n) is 13.4. The third-order valence-electron chi connectivity index (χ3n) is 7.08. The Morgan fingerprint density at radius 2 is 2.05 bits per heavy atom. The first kappa shape index (κ1) is 28.0. The van der Waals surface area contributed by atoms with Gasteiger partial charge in [0.15, 0.2) is 0 Å². The molecule has 3 N–H and O–H groups in total. The molecule has 39 heavy (non-hydrogen) atoms. The van der Waals surface area contributed by atoms with Crippen LogP contribution in [0.15, 0.2) is 66.3 Å². The number of nitrogens with zero attached hydrogens (tertiary/aromatic N) is 3. The Labute approximate surface area is 231 Å². The zero-order valence-corrected chi connectivity index (χ0v) is 23.7. The molecule has 3 aromatic rings. The summed E-state index contributed by atoms with van der Waals surface area (Å²) in [5, 5.41) is 11.0. The summed E-state index contributed by atoms with van der Waals surface area (Å²) in [6.45, 7) is 7.41. The van der Waals surface area contributed by atoms with Crippen molar-refractivity contribution in [3.05, 3.63) is 72.5 Å². The van der Waals surface area contributed by atoms with Crippen LogP contribution < -0.4 is 20.7 Å². The third-order valence-corrected chi connectivity index (χ3v) is 7.08. The highest BCUT2D eigenvalue weighted by atomic mass is 16.5. The molecule has 1 amide bonds. The molecule has 1 aromatic heterocycles. The van der Waals surface area contributed by atoms with Crippen molar-refractivity contribution in [2.45, 2.75) is 32.1 Å². The largest absolute Gasteiger partial charge is 0.495 e. The number of benzene rings is 2. The average molecular weight is 529 g/mol. The lowest BCUT2D eigenvalue weighted by atomic mass is 9.93. The Bertz CT molecular complexity index is 1400. The molecule has 0 fully saturated rings. The highest BCUT2D eigenvalue weighted by molar-refractivity contribution is 6.05. The van der Waals surface area contributed by atoms with Gasteiger partial charge in [-0.3, -0.25) is 4.79 Å². The predicted octanol–water partition coefficient (Wildman–Crippen LogP) is 5.56. The number of aryl methyl sites for hydroxylation is 1. The smallest absolute Gasteiger partial charge is 0.247 e. The number of para-hydroxylation sites is 1. The van der Waals surface area contributed by atoms with Crippen molar-refractivity contribution in [3.8, 4) is 5.75 Å². The first-order valence-corrected chi connectivity index (χ1v) is 13.4. The Kier molecular flexibility index (Phi) is 9.09. The number of rotatable bonds is 11. The van der Waals surface area contributed by atoms with Gasteiger partial charge in [0, 0.05) is 41.1 Å². The summed E-state index contributed by atoms with van der Waals surface area (Å²) in [5.74, 6) is 1.29. The molecule has 1 unspecified atom stereocenters. The van der Waals surface area contributed by atoms with E-state index in [9.17, 15) is 4.79 Å². The number of fused-ring (bicyclic) bond motifs is 1. The number of amides is 1. The minimum atomic E-state index is -0.249. The minimum absolute atomic E-state index is 0.237. The molecule has 0 saturated carbocycles. The number of aliphatic imine (C=N–C) groups is 1. The highest BCUT2D eigenvalue weighted by Gasteiger charge is 2.20. The summed E-state index contributed by atoms with van der Waals surface area (Å²) in [4.78, 5) is 19.2. The molecule has 1 aliphatic heterocycles. The molecule has 0 bridgehead atoms. The Morgan fingerprint density at radius 3 is 2.79 bits per heavy atom. The standard InChI is InChI=1S/C31H40N6O2/c1-7-30(38)33-26-19-27(29(39-6)18-23(26)21(2)12-10-11-17-36(3)4)35-31-32-16-15-25(34-31)24-20-37(5)28-14-9-8-13-22(24)28/h7-9,13-15,18-21H,1,10-12,16-17H2,2-6H3,(H,33,38)(H2,32,34,35). The summed E-state index contributed by atoms with van der Waals surface area (Å²) >= 11 is 0. The van der Waals surface area contributed by atoms with E-state index in [0.29, 0.717) is 23.9 Å². The normalized spacial score (nSPS) is 13.9. The van der Waals surface area contributed by atoms with Crippen LogP contribution in [0.2, 0.25) is 0 Å². The van der Waals surface area contributed by atoms with Gasteiger partial charge in [-0.2, -0.15) is 0 Å². The van der Waals surface area contributed by atoms with E-state index in [1.54, 1.807) is 7.11 Å². The second kappa shape index (κ2) is 12.7. The molecular weight excluding hydrogens is 488 g/mol. The first-order chi connectivity index (χ1) is 18.8. The Hall–Kier alpha value is -4.04. The fraction of sp³-hybridized carbons (Fsp3) is 0.355. The molecule has 0 aliphatic carbocycles. The average Bonchev–Trinajstić information content (AvgIpc) is 3.27. The topological polar surface area (TPSA) is 82.9 Å². The van der Waals surface area contributed by atoms with Gasteiger partial charge in [0.25, 0.3) is 0 Å². The highest BCUT2D eigenvalue weighted by Crippen LogP contribution is 2.37. The third kappa shape index (κ3) is 6.70. The molecule has 0 saturated heterocycles. The molecule has 4 rings (SSSR count). The van der Waals surface area contributed by atoms with Crippen LogP contribution >= 0.6 is 0 Å². The van der Waals surface area contributed by atoms with Crippen LogP contribution in [0.3, 0.4) is 0 Å². The number of aromatic nitrogens is 1. The Morgan fingerprint density at radius 1 is 1.26 bits per heavy atom. The minimum Gasteiger partial charge on any atom is -0.495 e. The number of unbranched alkanes of at least 4 members (excludes halogenated alkanes) is 1. The molecule has 206 valence electrons. The van der Waals surface area contributed by atoms with Gasteiger partial charge in [-0.05, 0) is 75.3 Å². The van der Waals surface area contributed by atoms with Crippen molar-refractivity contribution >= 4 is 39.8 Å². The number of methoxy groups -OCH3 is 1. The van der Waals surface area contributed by atoms with E-state index in [-0.39, 0.29) is 11.8 Å². The number of nitrogens with one attached hydrogen (secondary N) is 3. The molecule has 0 radical (unpaired) electrons. The van der Waals surface area contributed by atoms with Gasteiger partial charge in [0.05, 0.1) is 19.3 Å². The SMILES string of the molecule is C=CC(=O)Nc1cc(NC2=NCC=C(c3cn(C)c4ccccc34)N2)c(OC)cc1C(C)CCCCN(C)C. The van der Waals surface area contributed by atoms with E-state index in [0.717, 1.165) is 48.3 Å². The van der Waals surface area contributed by atoms with E-state index in [1.165, 1.54) is 17.0 Å². The second-order valence-corrected chi connectivity index (χ2v) is 10.3. The van der Waals surface area contributed by atoms with Gasteiger partial charge in [0.1, 0.15) is 5.75 Å². The fourth-order valence-corrected chi connectivity index (χ4v) is 4.97. The van der Waals surface area contributed by atoms with E-state index >= 15 is 0 Å². The molecule has 1 atom stereocenters. The fourth-order valence-electron chi connectivity index (χ4n) is 4.97. The van der Waals surface area contributed by atoms with E-state index in [2.05, 4.69) is 95.5 Å². The second-order valence-electron chi connectivity index (χ2n) is 10.3. The number of carbonyl (C=O) groups excluding carboxylic acids is 1. The van der Waals surface area contributed by atoms with Gasteiger partial charge in [-0.25, -0.2) is 4.99 Å². The molecule has 1 aliphatic rings. The summed E-state index contributed by atoms with van der Waals surface area (Å²) in [6.07, 6.45) is 8.73. The van der Waals surface area contributed by atoms with Crippen molar-refractivity contribution in [2.75, 3.05) is 44.9 Å². The van der Waals surface area contributed by atoms with Crippen LogP contribution in [-0.4, -0.2) is 55.6 Å². The summed E-state index contributed by atoms with van der Waals surface area (Å²) < 4.78 is 7.92. The van der Waals surface area contributed by atoms with Gasteiger partial charge in [0.2, 0.25) is 11.9 Å². The van der Waals surface area contributed by atoms with Crippen LogP contribution in [-0.2, 0) is 11.8 Å². The van der Waals surface area contributed by atoms with Crippen molar-refractivity contribution in [3.63, 3.8) is 0 Å². The predicted molar refractivity (Wildman–Crippen MR) is 163 cm³/mol. The maximum absolute atomic E-state index is 12.3. The van der Waals surface area contributed by atoms with Gasteiger partial charge in [-0.15, -0.1) is 0 Å². The molecule has 2 heterocycles. The molecular formula is C31H40N6O2. The lowest BCUT2D eigenvalue weighted by molar-refractivity contribution is -0.111. The van der Waals surface area contributed by atoms with Crippen LogP contribution in [0.5, 0.6) is 5.75 Å². The van der Waals surface area contributed by atoms with E-state index in [4.69, 9.17) is 4.74 Å². The van der Waals surface area contributed by atoms with Crippen molar-refractivity contribution in [1.29, 1.82) is 0 Å². The number of ether oxygens (including phenoxy) is 1. The number of guanidine groups is 1. The van der Waals surface area contributed by atoms with Crippen molar-refractivity contribution < 1.29 is 9.53 Å². The zero-order valence-electron chi connectivity index (χ0n) is 23.7. The molecule has 8 nitrogen and oxygen atoms in total. The number of carbonyl (C=O) groups is 1. The number of hydrogen-bond acceptors (Lipinski definition) is 6. The maximum atomic E-state index is 12.3. The summed E-state index contributed by atoms with van der Waals surface area (Å²) in [6, 6.07) is 12.3. The lowest BCUT2D eigenvalue weighted by Gasteiger charge is -2.23. The van der Waals surface area contributed by atoms with Crippen LogP contribution in [0.4, 0.5) is 11.4 Å². The monoisotopic (exact) mass is 528 g/mol. The quantitative estimate of drug-likeness (QED) is 0.224. The van der Waals surface area contributed by atoms with Gasteiger partial charge in [-0.1, -0.05) is 38.1 Å². The van der Waals surface area contributed by atoms with Crippen LogP contribution in [0.25, 0.3) is 16.6 Å². The molecule has 8 heteroatoms. The molecule has 2 aromatic carbocycles. The van der Waals surface area contributed by atoms with E-state index < -0.39 is 0 Å². The zero-order chi connectivity index (χ0) is 27.9. The van der Waals surface area contributed by atoms with Crippen LogP contribution in [0.1, 0.15) is 43.2 Å². The Balaban J connectivity index is 1.57. The molecule has 0 spiro atoms. The lowest BCUT2D eigenvalue weighted by Crippen LogP contribution is -2.32. The van der Waals surface area contributed by atoms with Gasteiger partial charge >= 0.3 is 0 Å². The summed E-state index contributed by atoms with van der Waals surface area (Å²) in [7, 11) is 7.90. The van der Waals surface area contributed by atoms with Gasteiger partial charge < -0.3 is 30.2 Å². The van der Waals surface area contributed by atoms with E-state index in [1.807, 2.05) is 18.2 Å². The van der Waals surface area contributed by atoms with Crippen molar-refractivity contribution in [2.24, 2.45) is 12.0 Å². The van der Waals surface area contributed by atoms with Crippen LogP contribution in [0, 0.1) is 0 Å². The maximum Gasteiger partial charge on any atom is 0.247 e. The van der Waals surface area contributed by atoms with Crippen molar-refractivity contribution in [1.82, 2.24) is 14.8 Å². The number of hydrogen-bond donors (Lipinski definition) is 3. The summed E-state index contributed by atoms with van der Waals surface area (Å²) in [5.41, 5.74) is 5.77.